The summed E-state index contributed by atoms with van der Waals surface area (Å²) >= 11 is 0. The quantitative estimate of drug-likeness (QED) is 0.602. The maximum absolute atomic E-state index is 5.96. The van der Waals surface area contributed by atoms with Crippen LogP contribution in [0.1, 0.15) is 17.1 Å². The third-order valence-corrected chi connectivity index (χ3v) is 4.79. The molecule has 0 radical (unpaired) electrons. The predicted octanol–water partition coefficient (Wildman–Crippen LogP) is 3.51. The van der Waals surface area contributed by atoms with Gasteiger partial charge in [0, 0.05) is 47.9 Å². The zero-order chi connectivity index (χ0) is 18.1. The summed E-state index contributed by atoms with van der Waals surface area (Å²) in [6, 6.07) is 16.1. The molecular formula is C21H18N4O2. The fraction of sp³-hybridized carbons (Fsp3) is 0.190. The fourth-order valence-corrected chi connectivity index (χ4v) is 3.45. The molecule has 0 unspecified atom stereocenters. The first-order valence-corrected chi connectivity index (χ1v) is 8.99. The molecule has 134 valence electrons. The molecule has 0 aliphatic carbocycles. The Morgan fingerprint density at radius 3 is 3.00 bits per heavy atom. The van der Waals surface area contributed by atoms with Crippen molar-refractivity contribution in [2.45, 2.75) is 19.6 Å². The van der Waals surface area contributed by atoms with Gasteiger partial charge >= 0.3 is 0 Å². The average molecular weight is 358 g/mol. The minimum Gasteiger partial charge on any atom is -0.485 e. The van der Waals surface area contributed by atoms with Gasteiger partial charge in [-0.1, -0.05) is 41.6 Å². The first-order chi connectivity index (χ1) is 13.4. The van der Waals surface area contributed by atoms with Crippen LogP contribution in [-0.4, -0.2) is 21.7 Å². The van der Waals surface area contributed by atoms with Gasteiger partial charge in [0.1, 0.15) is 5.75 Å². The van der Waals surface area contributed by atoms with Crippen molar-refractivity contribution < 1.29 is 9.26 Å². The first-order valence-electron chi connectivity index (χ1n) is 8.99. The van der Waals surface area contributed by atoms with Gasteiger partial charge in [0.15, 0.2) is 6.61 Å². The molecule has 27 heavy (non-hydrogen) atoms. The van der Waals surface area contributed by atoms with E-state index in [0.717, 1.165) is 52.9 Å². The summed E-state index contributed by atoms with van der Waals surface area (Å²) in [6.07, 6.45) is 2.71. The van der Waals surface area contributed by atoms with Gasteiger partial charge in [0.25, 0.3) is 5.89 Å². The molecule has 6 heteroatoms. The highest BCUT2D eigenvalue weighted by molar-refractivity contribution is 5.88. The molecule has 1 aliphatic rings. The molecule has 1 aliphatic heterocycles. The maximum Gasteiger partial charge on any atom is 0.258 e. The van der Waals surface area contributed by atoms with E-state index in [0.29, 0.717) is 11.7 Å². The van der Waals surface area contributed by atoms with Crippen LogP contribution in [0.3, 0.4) is 0 Å². The lowest BCUT2D eigenvalue weighted by Crippen LogP contribution is -2.25. The number of hydrogen-bond donors (Lipinski definition) is 1. The van der Waals surface area contributed by atoms with Crippen LogP contribution in [0.25, 0.3) is 22.2 Å². The Bertz CT molecular complexity index is 1100. The number of nitrogens with one attached hydrogen (secondary N) is 1. The van der Waals surface area contributed by atoms with Crippen LogP contribution in [0.15, 0.2) is 59.3 Å². The first kappa shape index (κ1) is 16.0. The Kier molecular flexibility index (Phi) is 4.03. The summed E-state index contributed by atoms with van der Waals surface area (Å²) in [4.78, 5) is 8.99. The summed E-state index contributed by atoms with van der Waals surface area (Å²) in [7, 11) is 0. The van der Waals surface area contributed by atoms with Crippen LogP contribution < -0.4 is 10.1 Å². The van der Waals surface area contributed by atoms with Crippen LogP contribution in [0.4, 0.5) is 0 Å². The average Bonchev–Trinajstić information content (AvgIpc) is 3.20. The van der Waals surface area contributed by atoms with Gasteiger partial charge in [0.2, 0.25) is 5.82 Å². The summed E-state index contributed by atoms with van der Waals surface area (Å²) in [6.45, 7) is 1.96. The Hall–Kier alpha value is -3.25. The van der Waals surface area contributed by atoms with E-state index in [-0.39, 0.29) is 6.61 Å². The van der Waals surface area contributed by atoms with Crippen molar-refractivity contribution in [2.24, 2.45) is 0 Å². The zero-order valence-electron chi connectivity index (χ0n) is 14.7. The number of nitrogens with zero attached hydrogens (tertiary/aromatic N) is 3. The van der Waals surface area contributed by atoms with Gasteiger partial charge in [-0.05, 0) is 17.5 Å². The van der Waals surface area contributed by atoms with Gasteiger partial charge in [-0.15, -0.1) is 0 Å². The highest BCUT2D eigenvalue weighted by Gasteiger charge is 2.19. The Balaban J connectivity index is 1.39. The maximum atomic E-state index is 5.96. The molecule has 2 aromatic heterocycles. The van der Waals surface area contributed by atoms with E-state index >= 15 is 0 Å². The third kappa shape index (κ3) is 3.04. The second-order valence-electron chi connectivity index (χ2n) is 6.49. The van der Waals surface area contributed by atoms with Crippen molar-refractivity contribution in [2.75, 3.05) is 6.54 Å². The molecule has 0 fully saturated rings. The molecule has 0 spiro atoms. The summed E-state index contributed by atoms with van der Waals surface area (Å²) in [5.41, 5.74) is 3.17. The highest BCUT2D eigenvalue weighted by Crippen LogP contribution is 2.27. The van der Waals surface area contributed by atoms with Crippen LogP contribution in [0, 0.1) is 0 Å². The lowest BCUT2D eigenvalue weighted by molar-refractivity contribution is 0.290. The van der Waals surface area contributed by atoms with Crippen molar-refractivity contribution in [3.05, 3.63) is 71.8 Å². The highest BCUT2D eigenvalue weighted by atomic mass is 16.5. The molecule has 2 aromatic carbocycles. The van der Waals surface area contributed by atoms with E-state index in [1.54, 1.807) is 6.20 Å². The van der Waals surface area contributed by atoms with Gasteiger partial charge in [0.05, 0.1) is 0 Å². The zero-order valence-corrected chi connectivity index (χ0v) is 14.7. The van der Waals surface area contributed by atoms with E-state index in [9.17, 15) is 0 Å². The van der Waals surface area contributed by atoms with E-state index in [4.69, 9.17) is 9.26 Å². The number of ether oxygens (including phenoxy) is 1. The monoisotopic (exact) mass is 358 g/mol. The van der Waals surface area contributed by atoms with Crippen LogP contribution in [0.5, 0.6) is 5.75 Å². The van der Waals surface area contributed by atoms with Crippen LogP contribution in [-0.2, 0) is 19.6 Å². The lowest BCUT2D eigenvalue weighted by atomic mass is 10.0. The number of hydrogen-bond acceptors (Lipinski definition) is 6. The molecule has 0 amide bonds. The largest absolute Gasteiger partial charge is 0.485 e. The van der Waals surface area contributed by atoms with Crippen molar-refractivity contribution in [1.29, 1.82) is 0 Å². The molecule has 6 nitrogen and oxygen atoms in total. The Labute approximate surface area is 156 Å². The van der Waals surface area contributed by atoms with Gasteiger partial charge < -0.3 is 14.6 Å². The number of fused-ring (bicyclic) bond motifs is 2. The van der Waals surface area contributed by atoms with Crippen LogP contribution >= 0.6 is 0 Å². The van der Waals surface area contributed by atoms with Crippen molar-refractivity contribution in [3.63, 3.8) is 0 Å². The number of rotatable bonds is 4. The Morgan fingerprint density at radius 2 is 2.00 bits per heavy atom. The minimum absolute atomic E-state index is 0.253. The van der Waals surface area contributed by atoms with E-state index in [2.05, 4.69) is 32.6 Å². The SMILES string of the molecule is c1ccc2c(OCc3noc(-c4ccnc5c4CNCC5)n3)cccc2c1. The summed E-state index contributed by atoms with van der Waals surface area (Å²) in [5, 5.41) is 9.66. The summed E-state index contributed by atoms with van der Waals surface area (Å²) in [5.74, 6) is 1.84. The molecule has 0 saturated heterocycles. The third-order valence-electron chi connectivity index (χ3n) is 4.79. The standard InChI is InChI=1S/C21H18N4O2/c1-2-6-15-14(4-1)5-3-7-19(15)26-13-20-24-21(27-25-20)16-8-11-23-18-9-10-22-12-17(16)18/h1-8,11,22H,9-10,12-13H2. The molecule has 1 N–H and O–H groups in total. The second-order valence-corrected chi connectivity index (χ2v) is 6.49. The molecule has 5 rings (SSSR count). The molecule has 3 heterocycles. The fourth-order valence-electron chi connectivity index (χ4n) is 3.45. The van der Waals surface area contributed by atoms with E-state index < -0.39 is 0 Å². The molecule has 0 bridgehead atoms. The predicted molar refractivity (Wildman–Crippen MR) is 101 cm³/mol. The second kappa shape index (κ2) is 6.81. The molecule has 0 saturated carbocycles. The van der Waals surface area contributed by atoms with Crippen LogP contribution in [0.2, 0.25) is 0 Å². The topological polar surface area (TPSA) is 73.1 Å². The lowest BCUT2D eigenvalue weighted by Gasteiger charge is -2.17. The number of pyridine rings is 1. The molecular weight excluding hydrogens is 340 g/mol. The van der Waals surface area contributed by atoms with Crippen molar-refractivity contribution >= 4 is 10.8 Å². The van der Waals surface area contributed by atoms with Crippen molar-refractivity contribution in [3.8, 4) is 17.2 Å². The molecule has 0 atom stereocenters. The van der Waals surface area contributed by atoms with Gasteiger partial charge in [-0.3, -0.25) is 4.98 Å². The normalized spacial score (nSPS) is 13.5. The smallest absolute Gasteiger partial charge is 0.258 e. The summed E-state index contributed by atoms with van der Waals surface area (Å²) < 4.78 is 11.5. The van der Waals surface area contributed by atoms with Gasteiger partial charge in [-0.2, -0.15) is 4.98 Å². The van der Waals surface area contributed by atoms with E-state index in [1.165, 1.54) is 0 Å². The number of aromatic nitrogens is 3. The van der Waals surface area contributed by atoms with Crippen molar-refractivity contribution in [1.82, 2.24) is 20.4 Å². The number of benzene rings is 2. The Morgan fingerprint density at radius 1 is 1.07 bits per heavy atom. The molecule has 4 aromatic rings. The minimum atomic E-state index is 0.253. The van der Waals surface area contributed by atoms with Gasteiger partial charge in [-0.25, -0.2) is 0 Å². The van der Waals surface area contributed by atoms with E-state index in [1.807, 2.05) is 36.4 Å².